The first-order chi connectivity index (χ1) is 8.31. The molecule has 0 atom stereocenters. The molecule has 0 aromatic heterocycles. The van der Waals surface area contributed by atoms with Crippen molar-refractivity contribution in [1.29, 1.82) is 0 Å². The lowest BCUT2D eigenvalue weighted by atomic mass is 10.0. The molecule has 88 valence electrons. The van der Waals surface area contributed by atoms with Crippen LogP contribution >= 0.6 is 12.2 Å². The van der Waals surface area contributed by atoms with E-state index < -0.39 is 0 Å². The number of hydrogen-bond acceptors (Lipinski definition) is 1. The second-order valence-corrected chi connectivity index (χ2v) is 4.26. The molecule has 0 amide bonds. The molecule has 0 radical (unpaired) electrons. The van der Waals surface area contributed by atoms with Crippen LogP contribution in [-0.2, 0) is 6.54 Å². The second kappa shape index (κ2) is 5.64. The zero-order valence-electron chi connectivity index (χ0n) is 9.86. The van der Waals surface area contributed by atoms with E-state index in [1.54, 1.807) is 0 Å². The van der Waals surface area contributed by atoms with E-state index in [4.69, 9.17) is 12.2 Å². The van der Waals surface area contributed by atoms with Crippen LogP contribution in [0.5, 0.6) is 0 Å². The fourth-order valence-electron chi connectivity index (χ4n) is 1.85. The van der Waals surface area contributed by atoms with Crippen molar-refractivity contribution in [3.05, 3.63) is 48.0 Å². The first kappa shape index (κ1) is 11.9. The lowest BCUT2D eigenvalue weighted by Gasteiger charge is -2.10. The highest BCUT2D eigenvalue weighted by molar-refractivity contribution is 7.80. The van der Waals surface area contributed by atoms with E-state index in [0.29, 0.717) is 5.11 Å². The van der Waals surface area contributed by atoms with Gasteiger partial charge in [-0.2, -0.15) is 0 Å². The number of hydrogen-bond donors (Lipinski definition) is 2. The van der Waals surface area contributed by atoms with Crippen molar-refractivity contribution in [2.75, 3.05) is 6.54 Å². The third kappa shape index (κ3) is 2.94. The summed E-state index contributed by atoms with van der Waals surface area (Å²) < 4.78 is 0. The Hall–Kier alpha value is -1.61. The summed E-state index contributed by atoms with van der Waals surface area (Å²) in [6, 6.07) is 14.7. The Bertz CT molecular complexity index is 517. The zero-order chi connectivity index (χ0) is 12.1. The molecule has 0 aliphatic heterocycles. The summed E-state index contributed by atoms with van der Waals surface area (Å²) in [6.07, 6.45) is 0. The molecule has 2 nitrogen and oxygen atoms in total. The molecule has 0 spiro atoms. The van der Waals surface area contributed by atoms with Crippen LogP contribution in [0.15, 0.2) is 42.5 Å². The van der Waals surface area contributed by atoms with Crippen molar-refractivity contribution in [3.8, 4) is 0 Å². The summed E-state index contributed by atoms with van der Waals surface area (Å²) in [5.41, 5.74) is 1.27. The van der Waals surface area contributed by atoms with E-state index in [1.807, 2.05) is 6.92 Å². The molecule has 0 unspecified atom stereocenters. The standard InChI is InChI=1S/C14H16N2S/c1-2-15-14(17)16-10-12-8-5-7-11-6-3-4-9-13(11)12/h3-9H,2,10H2,1H3,(H2,15,16,17). The molecule has 0 saturated carbocycles. The fourth-order valence-corrected chi connectivity index (χ4v) is 2.06. The van der Waals surface area contributed by atoms with Gasteiger partial charge in [-0.3, -0.25) is 0 Å². The number of fused-ring (bicyclic) bond motifs is 1. The van der Waals surface area contributed by atoms with Crippen molar-refractivity contribution >= 4 is 28.1 Å². The fraction of sp³-hybridized carbons (Fsp3) is 0.214. The van der Waals surface area contributed by atoms with Crippen LogP contribution in [0.2, 0.25) is 0 Å². The minimum Gasteiger partial charge on any atom is -0.363 e. The smallest absolute Gasteiger partial charge is 0.166 e. The molecular formula is C14H16N2S. The maximum atomic E-state index is 5.15. The van der Waals surface area contributed by atoms with Crippen LogP contribution < -0.4 is 10.6 Å². The zero-order valence-corrected chi connectivity index (χ0v) is 10.7. The summed E-state index contributed by atoms with van der Waals surface area (Å²) in [6.45, 7) is 3.64. The van der Waals surface area contributed by atoms with E-state index in [9.17, 15) is 0 Å². The maximum Gasteiger partial charge on any atom is 0.166 e. The highest BCUT2D eigenvalue weighted by Crippen LogP contribution is 2.17. The first-order valence-electron chi connectivity index (χ1n) is 5.79. The lowest BCUT2D eigenvalue weighted by molar-refractivity contribution is 0.859. The number of thiocarbonyl (C=S) groups is 1. The minimum atomic E-state index is 0.709. The van der Waals surface area contributed by atoms with E-state index >= 15 is 0 Å². The van der Waals surface area contributed by atoms with Crippen LogP contribution in [0.3, 0.4) is 0 Å². The number of benzene rings is 2. The largest absolute Gasteiger partial charge is 0.363 e. The predicted octanol–water partition coefficient (Wildman–Crippen LogP) is 2.82. The van der Waals surface area contributed by atoms with E-state index in [-0.39, 0.29) is 0 Å². The summed E-state index contributed by atoms with van der Waals surface area (Å²) >= 11 is 5.15. The van der Waals surface area contributed by atoms with Crippen LogP contribution in [0.1, 0.15) is 12.5 Å². The molecule has 0 aliphatic carbocycles. The van der Waals surface area contributed by atoms with Gasteiger partial charge in [0, 0.05) is 13.1 Å². The Morgan fingerprint density at radius 1 is 1.06 bits per heavy atom. The van der Waals surface area contributed by atoms with Crippen molar-refractivity contribution in [3.63, 3.8) is 0 Å². The van der Waals surface area contributed by atoms with Gasteiger partial charge < -0.3 is 10.6 Å². The molecule has 0 saturated heterocycles. The first-order valence-corrected chi connectivity index (χ1v) is 6.20. The van der Waals surface area contributed by atoms with Gasteiger partial charge >= 0.3 is 0 Å². The van der Waals surface area contributed by atoms with Gasteiger partial charge in [0.1, 0.15) is 0 Å². The molecule has 3 heteroatoms. The topological polar surface area (TPSA) is 24.1 Å². The van der Waals surface area contributed by atoms with Gasteiger partial charge in [0.25, 0.3) is 0 Å². The summed E-state index contributed by atoms with van der Waals surface area (Å²) in [5.74, 6) is 0. The maximum absolute atomic E-state index is 5.15. The van der Waals surface area contributed by atoms with Gasteiger partial charge in [0.2, 0.25) is 0 Å². The Kier molecular flexibility index (Phi) is 3.94. The number of nitrogens with one attached hydrogen (secondary N) is 2. The molecule has 0 aliphatic rings. The predicted molar refractivity (Wildman–Crippen MR) is 77.1 cm³/mol. The SMILES string of the molecule is CCNC(=S)NCc1cccc2ccccc12. The van der Waals surface area contributed by atoms with Crippen molar-refractivity contribution in [2.45, 2.75) is 13.5 Å². The molecule has 0 fully saturated rings. The second-order valence-electron chi connectivity index (χ2n) is 3.85. The van der Waals surface area contributed by atoms with Crippen molar-refractivity contribution in [2.24, 2.45) is 0 Å². The Labute approximate surface area is 107 Å². The molecule has 2 N–H and O–H groups in total. The molecule has 0 heterocycles. The van der Waals surface area contributed by atoms with Gasteiger partial charge in [-0.25, -0.2) is 0 Å². The van der Waals surface area contributed by atoms with E-state index in [2.05, 4.69) is 53.1 Å². The van der Waals surface area contributed by atoms with Crippen LogP contribution in [0.25, 0.3) is 10.8 Å². The molecule has 2 aromatic carbocycles. The van der Waals surface area contributed by atoms with E-state index in [1.165, 1.54) is 16.3 Å². The van der Waals surface area contributed by atoms with Crippen LogP contribution in [0, 0.1) is 0 Å². The Morgan fingerprint density at radius 2 is 1.82 bits per heavy atom. The van der Waals surface area contributed by atoms with Gasteiger partial charge in [0.15, 0.2) is 5.11 Å². The number of rotatable bonds is 3. The average molecular weight is 244 g/mol. The molecule has 2 aromatic rings. The average Bonchev–Trinajstić information content (AvgIpc) is 2.36. The third-order valence-corrected chi connectivity index (χ3v) is 2.95. The molecule has 2 rings (SSSR count). The van der Waals surface area contributed by atoms with Crippen molar-refractivity contribution in [1.82, 2.24) is 10.6 Å². The molecular weight excluding hydrogens is 228 g/mol. The lowest BCUT2D eigenvalue weighted by Crippen LogP contribution is -2.34. The normalized spacial score (nSPS) is 10.2. The Balaban J connectivity index is 2.16. The van der Waals surface area contributed by atoms with Gasteiger partial charge in [-0.05, 0) is 35.5 Å². The Morgan fingerprint density at radius 3 is 2.65 bits per heavy atom. The van der Waals surface area contributed by atoms with Crippen LogP contribution in [0.4, 0.5) is 0 Å². The molecule has 0 bridgehead atoms. The van der Waals surface area contributed by atoms with Gasteiger partial charge in [0.05, 0.1) is 0 Å². The minimum absolute atomic E-state index is 0.709. The van der Waals surface area contributed by atoms with Gasteiger partial charge in [-0.1, -0.05) is 42.5 Å². The summed E-state index contributed by atoms with van der Waals surface area (Å²) in [4.78, 5) is 0. The highest BCUT2D eigenvalue weighted by atomic mass is 32.1. The highest BCUT2D eigenvalue weighted by Gasteiger charge is 2.00. The summed E-state index contributed by atoms with van der Waals surface area (Å²) in [5, 5.41) is 9.55. The third-order valence-electron chi connectivity index (χ3n) is 2.66. The van der Waals surface area contributed by atoms with Crippen molar-refractivity contribution < 1.29 is 0 Å². The monoisotopic (exact) mass is 244 g/mol. The quantitative estimate of drug-likeness (QED) is 0.812. The van der Waals surface area contributed by atoms with Crippen LogP contribution in [-0.4, -0.2) is 11.7 Å². The van der Waals surface area contributed by atoms with Gasteiger partial charge in [-0.15, -0.1) is 0 Å². The summed E-state index contributed by atoms with van der Waals surface area (Å²) in [7, 11) is 0. The molecule has 17 heavy (non-hydrogen) atoms. The van der Waals surface area contributed by atoms with E-state index in [0.717, 1.165) is 13.1 Å².